The largest absolute Gasteiger partial charge is 0.457 e. The maximum Gasteiger partial charge on any atom is 0.132 e. The van der Waals surface area contributed by atoms with Gasteiger partial charge in [0.1, 0.15) is 16.2 Å². The second kappa shape index (κ2) is 5.09. The van der Waals surface area contributed by atoms with E-state index in [1.165, 1.54) is 20.9 Å². The lowest BCUT2D eigenvalue weighted by molar-refractivity contribution is 0.442. The minimum absolute atomic E-state index is 0.104. The number of fused-ring (bicyclic) bond motifs is 4. The first-order chi connectivity index (χ1) is 11.0. The highest BCUT2D eigenvalue weighted by molar-refractivity contribution is 8.12. The second-order valence-corrected chi connectivity index (χ2v) is 9.03. The fourth-order valence-corrected chi connectivity index (χ4v) is 6.61. The zero-order valence-corrected chi connectivity index (χ0v) is 15.5. The van der Waals surface area contributed by atoms with Crippen molar-refractivity contribution in [2.45, 2.75) is 25.5 Å². The van der Waals surface area contributed by atoms with Crippen molar-refractivity contribution in [2.75, 3.05) is 6.26 Å². The van der Waals surface area contributed by atoms with Crippen LogP contribution in [0.25, 0.3) is 0 Å². The molecule has 2 aromatic rings. The lowest BCUT2D eigenvalue weighted by Crippen LogP contribution is -2.38. The zero-order valence-electron chi connectivity index (χ0n) is 13.8. The summed E-state index contributed by atoms with van der Waals surface area (Å²) in [5.74, 6) is 1.97. The minimum atomic E-state index is -0.104. The van der Waals surface area contributed by atoms with Crippen LogP contribution in [-0.4, -0.2) is 6.26 Å². The molecule has 118 valence electrons. The number of thioether (sulfide) groups is 2. The number of allylic oxidation sites excluding steroid dienone is 1. The van der Waals surface area contributed by atoms with Crippen LogP contribution in [-0.2, 0) is 4.75 Å². The number of hydrogen-bond donors (Lipinski definition) is 0. The van der Waals surface area contributed by atoms with Crippen molar-refractivity contribution < 1.29 is 4.74 Å². The first-order valence-corrected chi connectivity index (χ1v) is 9.87. The van der Waals surface area contributed by atoms with Gasteiger partial charge in [-0.2, -0.15) is 0 Å². The standard InChI is InChI=1S/C20H20OS2/c1-19(2,3)17-18(22-4)20(23-17)13-9-5-7-11-15(13)21-16-12-8-6-10-14(16)20/h5-12H,1-4H3. The molecule has 23 heavy (non-hydrogen) atoms. The van der Waals surface area contributed by atoms with E-state index in [9.17, 15) is 0 Å². The third-order valence-electron chi connectivity index (χ3n) is 4.42. The van der Waals surface area contributed by atoms with Crippen LogP contribution in [0.5, 0.6) is 11.5 Å². The molecular weight excluding hydrogens is 320 g/mol. The summed E-state index contributed by atoms with van der Waals surface area (Å²) >= 11 is 3.88. The first-order valence-electron chi connectivity index (χ1n) is 7.83. The number of ether oxygens (including phenoxy) is 1. The maximum atomic E-state index is 6.18. The monoisotopic (exact) mass is 340 g/mol. The van der Waals surface area contributed by atoms with E-state index in [4.69, 9.17) is 4.74 Å². The summed E-state index contributed by atoms with van der Waals surface area (Å²) in [5.41, 5.74) is 2.73. The summed E-state index contributed by atoms with van der Waals surface area (Å²) in [7, 11) is 0. The first kappa shape index (κ1) is 15.2. The molecule has 0 aromatic heterocycles. The Balaban J connectivity index is 2.02. The van der Waals surface area contributed by atoms with Crippen molar-refractivity contribution in [2.24, 2.45) is 5.41 Å². The summed E-state index contributed by atoms with van der Waals surface area (Å²) in [6.07, 6.45) is 2.20. The Morgan fingerprint density at radius 1 is 0.913 bits per heavy atom. The zero-order chi connectivity index (χ0) is 16.2. The van der Waals surface area contributed by atoms with Crippen molar-refractivity contribution in [1.82, 2.24) is 0 Å². The van der Waals surface area contributed by atoms with Crippen molar-refractivity contribution in [3.63, 3.8) is 0 Å². The van der Waals surface area contributed by atoms with Crippen LogP contribution in [0, 0.1) is 5.41 Å². The molecule has 0 fully saturated rings. The predicted octanol–water partition coefficient (Wildman–Crippen LogP) is 6.40. The van der Waals surface area contributed by atoms with Crippen molar-refractivity contribution >= 4 is 23.5 Å². The Bertz CT molecular complexity index is 769. The van der Waals surface area contributed by atoms with Gasteiger partial charge in [0.2, 0.25) is 0 Å². The fraction of sp³-hybridized carbons (Fsp3) is 0.300. The van der Waals surface area contributed by atoms with Crippen LogP contribution in [0.2, 0.25) is 0 Å². The lowest BCUT2D eigenvalue weighted by Gasteiger charge is -2.51. The molecule has 0 atom stereocenters. The van der Waals surface area contributed by atoms with E-state index in [0.717, 1.165) is 11.5 Å². The molecule has 0 aliphatic carbocycles. The quantitative estimate of drug-likeness (QED) is 0.594. The SMILES string of the molecule is CSC1=C(C(C)(C)C)SC12c1ccccc1Oc1ccccc12. The molecule has 0 saturated carbocycles. The van der Waals surface area contributed by atoms with E-state index in [1.54, 1.807) is 0 Å². The van der Waals surface area contributed by atoms with Gasteiger partial charge >= 0.3 is 0 Å². The summed E-state index contributed by atoms with van der Waals surface area (Å²) in [5, 5.41) is 0. The summed E-state index contributed by atoms with van der Waals surface area (Å²) in [6.45, 7) is 6.90. The number of rotatable bonds is 1. The predicted molar refractivity (Wildman–Crippen MR) is 101 cm³/mol. The van der Waals surface area contributed by atoms with Crippen LogP contribution in [0.4, 0.5) is 0 Å². The van der Waals surface area contributed by atoms with E-state index >= 15 is 0 Å². The van der Waals surface area contributed by atoms with Gasteiger partial charge in [-0.3, -0.25) is 0 Å². The molecule has 0 unspecified atom stereocenters. The van der Waals surface area contributed by atoms with Gasteiger partial charge in [0, 0.05) is 20.9 Å². The third-order valence-corrected chi connectivity index (χ3v) is 7.57. The molecule has 1 nitrogen and oxygen atoms in total. The van der Waals surface area contributed by atoms with Crippen LogP contribution < -0.4 is 4.74 Å². The normalized spacial score (nSPS) is 18.1. The van der Waals surface area contributed by atoms with Crippen LogP contribution in [0.15, 0.2) is 58.3 Å². The molecule has 0 N–H and O–H groups in total. The van der Waals surface area contributed by atoms with Gasteiger partial charge in [-0.1, -0.05) is 57.2 Å². The van der Waals surface area contributed by atoms with Gasteiger partial charge in [-0.05, 0) is 23.8 Å². The smallest absolute Gasteiger partial charge is 0.132 e. The molecule has 0 bridgehead atoms. The fourth-order valence-electron chi connectivity index (χ4n) is 3.40. The molecule has 4 rings (SSSR count). The number of benzene rings is 2. The Morgan fingerprint density at radius 2 is 1.43 bits per heavy atom. The summed E-state index contributed by atoms with van der Waals surface area (Å²) < 4.78 is 6.07. The molecule has 0 saturated heterocycles. The molecule has 0 amide bonds. The van der Waals surface area contributed by atoms with Crippen LogP contribution in [0.1, 0.15) is 31.9 Å². The van der Waals surface area contributed by atoms with Gasteiger partial charge in [-0.15, -0.1) is 23.5 Å². The van der Waals surface area contributed by atoms with Crippen LogP contribution in [0.3, 0.4) is 0 Å². The highest BCUT2D eigenvalue weighted by Crippen LogP contribution is 2.71. The lowest BCUT2D eigenvalue weighted by atomic mass is 9.82. The maximum absolute atomic E-state index is 6.18. The Labute approximate surface area is 146 Å². The molecule has 1 spiro atoms. The van der Waals surface area contributed by atoms with Gasteiger partial charge in [0.05, 0.1) is 0 Å². The van der Waals surface area contributed by atoms with E-state index in [0.29, 0.717) is 0 Å². The average molecular weight is 341 g/mol. The molecule has 2 aliphatic rings. The number of para-hydroxylation sites is 2. The third kappa shape index (κ3) is 2.03. The Kier molecular flexibility index (Phi) is 3.37. The number of hydrogen-bond acceptors (Lipinski definition) is 3. The second-order valence-electron chi connectivity index (χ2n) is 6.99. The Hall–Kier alpha value is -1.32. The van der Waals surface area contributed by atoms with E-state index < -0.39 is 0 Å². The van der Waals surface area contributed by atoms with E-state index in [1.807, 2.05) is 23.5 Å². The van der Waals surface area contributed by atoms with Crippen molar-refractivity contribution in [3.8, 4) is 11.5 Å². The molecule has 2 aromatic carbocycles. The average Bonchev–Trinajstić information content (AvgIpc) is 2.50. The minimum Gasteiger partial charge on any atom is -0.457 e. The van der Waals surface area contributed by atoms with E-state index in [2.05, 4.69) is 75.6 Å². The molecule has 3 heteroatoms. The van der Waals surface area contributed by atoms with Gasteiger partial charge in [0.25, 0.3) is 0 Å². The van der Waals surface area contributed by atoms with Crippen molar-refractivity contribution in [3.05, 3.63) is 69.5 Å². The molecule has 2 aliphatic heterocycles. The highest BCUT2D eigenvalue weighted by atomic mass is 32.2. The van der Waals surface area contributed by atoms with Gasteiger partial charge in [0.15, 0.2) is 0 Å². The van der Waals surface area contributed by atoms with Gasteiger partial charge in [-0.25, -0.2) is 0 Å². The van der Waals surface area contributed by atoms with Crippen LogP contribution >= 0.6 is 23.5 Å². The van der Waals surface area contributed by atoms with Crippen molar-refractivity contribution in [1.29, 1.82) is 0 Å². The topological polar surface area (TPSA) is 9.23 Å². The van der Waals surface area contributed by atoms with Gasteiger partial charge < -0.3 is 4.74 Å². The molecule has 2 heterocycles. The van der Waals surface area contributed by atoms with E-state index in [-0.39, 0.29) is 10.2 Å². The molecule has 0 radical (unpaired) electrons. The summed E-state index contributed by atoms with van der Waals surface area (Å²) in [6, 6.07) is 16.9. The molecular formula is C20H20OS2. The highest BCUT2D eigenvalue weighted by Gasteiger charge is 2.55. The Morgan fingerprint density at radius 3 is 1.91 bits per heavy atom. The summed E-state index contributed by atoms with van der Waals surface area (Å²) in [4.78, 5) is 2.97.